The van der Waals surface area contributed by atoms with Gasteiger partial charge in [-0.05, 0) is 18.9 Å². The summed E-state index contributed by atoms with van der Waals surface area (Å²) in [6.45, 7) is 5.43. The van der Waals surface area contributed by atoms with Crippen LogP contribution in [-0.2, 0) is 19.1 Å². The molecule has 2 aliphatic heterocycles. The number of fused-ring (bicyclic) bond motifs is 1. The fraction of sp³-hybridized carbons (Fsp3) is 0.571. The highest BCUT2D eigenvalue weighted by Crippen LogP contribution is 2.44. The fourth-order valence-corrected chi connectivity index (χ4v) is 3.14. The molecule has 0 aromatic carbocycles. The number of nitrogens with two attached hydrogens (primary N) is 1. The molecular formula is C14H17NO4. The Bertz CT molecular complexity index is 492. The van der Waals surface area contributed by atoms with Gasteiger partial charge in [0.15, 0.2) is 5.78 Å². The van der Waals surface area contributed by atoms with Crippen molar-refractivity contribution in [3.8, 4) is 0 Å². The number of carbonyl (C=O) groups is 2. The third-order valence-corrected chi connectivity index (χ3v) is 4.22. The standard InChI is InChI=1S/C14H17NO4/c1-7-3-4-9-10(15)6-14(18-12(9)11(7)16)5-8(2)13(17)19-14/h3,9-10,12H,2,4-6,15H2,1H3/t9-,10+,12-,14+/m1/s1. The maximum Gasteiger partial charge on any atom is 0.336 e. The number of hydrogen-bond acceptors (Lipinski definition) is 5. The molecule has 0 saturated carbocycles. The Morgan fingerprint density at radius 2 is 2.21 bits per heavy atom. The highest BCUT2D eigenvalue weighted by molar-refractivity contribution is 5.99. The van der Waals surface area contributed by atoms with Crippen LogP contribution in [0, 0.1) is 5.92 Å². The van der Waals surface area contributed by atoms with Gasteiger partial charge in [-0.2, -0.15) is 0 Å². The van der Waals surface area contributed by atoms with Crippen LogP contribution in [0.2, 0.25) is 0 Å². The van der Waals surface area contributed by atoms with E-state index in [0.717, 1.165) is 6.42 Å². The van der Waals surface area contributed by atoms with E-state index in [4.69, 9.17) is 15.2 Å². The lowest BCUT2D eigenvalue weighted by molar-refractivity contribution is -0.261. The van der Waals surface area contributed by atoms with Gasteiger partial charge in [-0.1, -0.05) is 12.7 Å². The first-order valence-electron chi connectivity index (χ1n) is 6.47. The normalized spacial score (nSPS) is 42.1. The maximum absolute atomic E-state index is 12.2. The zero-order chi connectivity index (χ0) is 13.8. The molecule has 0 unspecified atom stereocenters. The summed E-state index contributed by atoms with van der Waals surface area (Å²) in [7, 11) is 0. The number of esters is 1. The zero-order valence-electron chi connectivity index (χ0n) is 10.8. The molecule has 1 aliphatic carbocycles. The predicted molar refractivity (Wildman–Crippen MR) is 66.9 cm³/mol. The first kappa shape index (κ1) is 12.6. The van der Waals surface area contributed by atoms with E-state index in [0.29, 0.717) is 24.0 Å². The lowest BCUT2D eigenvalue weighted by atomic mass is 9.76. The van der Waals surface area contributed by atoms with E-state index < -0.39 is 17.9 Å². The topological polar surface area (TPSA) is 78.6 Å². The molecule has 0 aromatic heterocycles. The second-order valence-corrected chi connectivity index (χ2v) is 5.64. The van der Waals surface area contributed by atoms with Gasteiger partial charge in [-0.25, -0.2) is 4.79 Å². The third kappa shape index (κ3) is 1.84. The minimum absolute atomic E-state index is 0.0330. The molecule has 2 N–H and O–H groups in total. The van der Waals surface area contributed by atoms with Gasteiger partial charge < -0.3 is 15.2 Å². The van der Waals surface area contributed by atoms with E-state index in [1.165, 1.54) is 0 Å². The average molecular weight is 263 g/mol. The van der Waals surface area contributed by atoms with Crippen molar-refractivity contribution < 1.29 is 19.1 Å². The summed E-state index contributed by atoms with van der Waals surface area (Å²) in [5.41, 5.74) is 7.22. The minimum atomic E-state index is -1.08. The Morgan fingerprint density at radius 3 is 2.84 bits per heavy atom. The van der Waals surface area contributed by atoms with Crippen LogP contribution in [0.15, 0.2) is 23.8 Å². The smallest absolute Gasteiger partial charge is 0.336 e. The summed E-state index contributed by atoms with van der Waals surface area (Å²) in [5.74, 6) is -1.63. The summed E-state index contributed by atoms with van der Waals surface area (Å²) < 4.78 is 11.2. The molecule has 0 aromatic rings. The molecule has 5 heteroatoms. The van der Waals surface area contributed by atoms with E-state index >= 15 is 0 Å². The SMILES string of the molecule is C=C1C[C@@]2(C[C@H](N)[C@H]3CC=C(C)C(=O)[C@@H]3O2)OC1=O. The van der Waals surface area contributed by atoms with Crippen molar-refractivity contribution in [2.24, 2.45) is 11.7 Å². The largest absolute Gasteiger partial charge is 0.429 e. The summed E-state index contributed by atoms with van der Waals surface area (Å²) >= 11 is 0. The minimum Gasteiger partial charge on any atom is -0.429 e. The van der Waals surface area contributed by atoms with Crippen LogP contribution in [0.1, 0.15) is 26.2 Å². The van der Waals surface area contributed by atoms with Gasteiger partial charge in [0.2, 0.25) is 5.79 Å². The van der Waals surface area contributed by atoms with Crippen molar-refractivity contribution >= 4 is 11.8 Å². The van der Waals surface area contributed by atoms with E-state index in [1.54, 1.807) is 6.92 Å². The van der Waals surface area contributed by atoms with Gasteiger partial charge >= 0.3 is 5.97 Å². The Balaban J connectivity index is 1.91. The number of rotatable bonds is 0. The molecule has 3 aliphatic rings. The van der Waals surface area contributed by atoms with E-state index in [9.17, 15) is 9.59 Å². The second kappa shape index (κ2) is 4.02. The summed E-state index contributed by atoms with van der Waals surface area (Å²) in [4.78, 5) is 23.7. The molecule has 4 atom stereocenters. The maximum atomic E-state index is 12.2. The van der Waals surface area contributed by atoms with Crippen LogP contribution >= 0.6 is 0 Å². The molecule has 102 valence electrons. The Kier molecular flexibility index (Phi) is 2.66. The molecule has 0 radical (unpaired) electrons. The quantitative estimate of drug-likeness (QED) is 0.517. The molecule has 2 saturated heterocycles. The summed E-state index contributed by atoms with van der Waals surface area (Å²) in [6.07, 6.45) is 2.74. The number of Topliss-reactive ketones (excluding diaryl/α,β-unsaturated/α-hetero) is 1. The second-order valence-electron chi connectivity index (χ2n) is 5.64. The van der Waals surface area contributed by atoms with Crippen molar-refractivity contribution in [3.63, 3.8) is 0 Å². The van der Waals surface area contributed by atoms with Crippen LogP contribution in [-0.4, -0.2) is 29.7 Å². The molecule has 3 rings (SSSR count). The van der Waals surface area contributed by atoms with Crippen LogP contribution in [0.5, 0.6) is 0 Å². The Labute approximate surface area is 111 Å². The number of ketones is 1. The van der Waals surface area contributed by atoms with Gasteiger partial charge in [-0.15, -0.1) is 0 Å². The highest BCUT2D eigenvalue weighted by Gasteiger charge is 2.54. The van der Waals surface area contributed by atoms with Gasteiger partial charge in [0.1, 0.15) is 6.10 Å². The van der Waals surface area contributed by atoms with Crippen molar-refractivity contribution in [2.45, 2.75) is 44.1 Å². The number of allylic oxidation sites excluding steroid dienone is 1. The molecule has 19 heavy (non-hydrogen) atoms. The van der Waals surface area contributed by atoms with Crippen molar-refractivity contribution in [2.75, 3.05) is 0 Å². The predicted octanol–water partition coefficient (Wildman–Crippen LogP) is 0.837. The van der Waals surface area contributed by atoms with Gasteiger partial charge in [0.05, 0.1) is 0 Å². The monoisotopic (exact) mass is 263 g/mol. The van der Waals surface area contributed by atoms with Crippen LogP contribution in [0.4, 0.5) is 0 Å². The Hall–Kier alpha value is -1.46. The number of carbonyl (C=O) groups excluding carboxylic acids is 2. The van der Waals surface area contributed by atoms with E-state index in [-0.39, 0.29) is 17.7 Å². The first-order valence-corrected chi connectivity index (χ1v) is 6.47. The zero-order valence-corrected chi connectivity index (χ0v) is 10.8. The van der Waals surface area contributed by atoms with Crippen molar-refractivity contribution in [1.29, 1.82) is 0 Å². The van der Waals surface area contributed by atoms with Crippen LogP contribution < -0.4 is 5.73 Å². The molecule has 2 fully saturated rings. The fourth-order valence-electron chi connectivity index (χ4n) is 3.14. The third-order valence-electron chi connectivity index (χ3n) is 4.22. The van der Waals surface area contributed by atoms with Crippen molar-refractivity contribution in [1.82, 2.24) is 0 Å². The van der Waals surface area contributed by atoms with Crippen molar-refractivity contribution in [3.05, 3.63) is 23.8 Å². The highest BCUT2D eigenvalue weighted by atomic mass is 16.7. The summed E-state index contributed by atoms with van der Waals surface area (Å²) in [5, 5.41) is 0. The average Bonchev–Trinajstić information content (AvgIpc) is 2.59. The number of ether oxygens (including phenoxy) is 2. The number of hydrogen-bond donors (Lipinski definition) is 1. The van der Waals surface area contributed by atoms with Crippen LogP contribution in [0.25, 0.3) is 0 Å². The lowest BCUT2D eigenvalue weighted by Gasteiger charge is -2.45. The molecular weight excluding hydrogens is 246 g/mol. The first-order chi connectivity index (χ1) is 8.92. The molecule has 1 spiro atoms. The van der Waals surface area contributed by atoms with Gasteiger partial charge in [0, 0.05) is 30.4 Å². The lowest BCUT2D eigenvalue weighted by Crippen LogP contribution is -2.58. The molecule has 2 heterocycles. The van der Waals surface area contributed by atoms with E-state index in [2.05, 4.69) is 6.58 Å². The molecule has 5 nitrogen and oxygen atoms in total. The van der Waals surface area contributed by atoms with Gasteiger partial charge in [0.25, 0.3) is 0 Å². The summed E-state index contributed by atoms with van der Waals surface area (Å²) in [6, 6.07) is -0.217. The molecule has 0 amide bonds. The molecule has 0 bridgehead atoms. The van der Waals surface area contributed by atoms with Crippen LogP contribution in [0.3, 0.4) is 0 Å². The van der Waals surface area contributed by atoms with E-state index in [1.807, 2.05) is 6.08 Å². The van der Waals surface area contributed by atoms with Gasteiger partial charge in [-0.3, -0.25) is 4.79 Å². The Morgan fingerprint density at radius 1 is 1.47 bits per heavy atom.